The molecule has 1 saturated carbocycles. The molecule has 4 unspecified atom stereocenters. The van der Waals surface area contributed by atoms with E-state index in [1.165, 1.54) is 32.4 Å². The van der Waals surface area contributed by atoms with Gasteiger partial charge < -0.3 is 0 Å². The molecular weight excluding hydrogens is 122 g/mol. The minimum Gasteiger partial charge on any atom is -0.300 e. The summed E-state index contributed by atoms with van der Waals surface area (Å²) in [5, 5.41) is 0. The van der Waals surface area contributed by atoms with Gasteiger partial charge in [0.25, 0.3) is 0 Å². The Morgan fingerprint density at radius 2 is 2.10 bits per heavy atom. The molecule has 0 radical (unpaired) electrons. The standard InChI is InChI=1S/C9H15N/c1-2-8-7-4-5-10(6-7)9(8)3-1/h7-9H,1-6H2. The van der Waals surface area contributed by atoms with Crippen LogP contribution in [-0.4, -0.2) is 24.0 Å². The van der Waals surface area contributed by atoms with Crippen molar-refractivity contribution in [3.8, 4) is 0 Å². The molecule has 10 heavy (non-hydrogen) atoms. The van der Waals surface area contributed by atoms with E-state index in [1.54, 1.807) is 6.42 Å². The van der Waals surface area contributed by atoms with Crippen LogP contribution in [0.3, 0.4) is 0 Å². The van der Waals surface area contributed by atoms with Gasteiger partial charge in [0.2, 0.25) is 0 Å². The van der Waals surface area contributed by atoms with Gasteiger partial charge in [-0.3, -0.25) is 4.90 Å². The zero-order valence-corrected chi connectivity index (χ0v) is 6.42. The van der Waals surface area contributed by atoms with E-state index < -0.39 is 0 Å². The molecule has 2 heterocycles. The molecule has 1 nitrogen and oxygen atoms in total. The zero-order valence-electron chi connectivity index (χ0n) is 6.42. The van der Waals surface area contributed by atoms with Crippen LogP contribution in [0.15, 0.2) is 0 Å². The maximum Gasteiger partial charge on any atom is 0.0127 e. The van der Waals surface area contributed by atoms with Crippen molar-refractivity contribution < 1.29 is 0 Å². The van der Waals surface area contributed by atoms with E-state index in [-0.39, 0.29) is 0 Å². The first-order valence-corrected chi connectivity index (χ1v) is 4.69. The fraction of sp³-hybridized carbons (Fsp3) is 1.00. The van der Waals surface area contributed by atoms with Gasteiger partial charge in [0.1, 0.15) is 0 Å². The monoisotopic (exact) mass is 137 g/mol. The summed E-state index contributed by atoms with van der Waals surface area (Å²) >= 11 is 0. The molecular formula is C9H15N. The van der Waals surface area contributed by atoms with Gasteiger partial charge in [-0.05, 0) is 37.6 Å². The van der Waals surface area contributed by atoms with Crippen molar-refractivity contribution >= 4 is 0 Å². The normalized spacial score (nSPS) is 57.6. The highest BCUT2D eigenvalue weighted by atomic mass is 15.2. The third-order valence-electron chi connectivity index (χ3n) is 3.86. The van der Waals surface area contributed by atoms with E-state index in [4.69, 9.17) is 0 Å². The Balaban J connectivity index is 1.92. The Morgan fingerprint density at radius 3 is 3.00 bits per heavy atom. The van der Waals surface area contributed by atoms with Crippen molar-refractivity contribution in [2.24, 2.45) is 11.8 Å². The summed E-state index contributed by atoms with van der Waals surface area (Å²) in [7, 11) is 0. The predicted octanol–water partition coefficient (Wildman–Crippen LogP) is 1.49. The molecule has 0 N–H and O–H groups in total. The summed E-state index contributed by atoms with van der Waals surface area (Å²) < 4.78 is 0. The van der Waals surface area contributed by atoms with Crippen LogP contribution in [0.4, 0.5) is 0 Å². The lowest BCUT2D eigenvalue weighted by molar-refractivity contribution is 0.226. The maximum atomic E-state index is 2.74. The molecule has 0 aromatic carbocycles. The Bertz CT molecular complexity index is 139. The van der Waals surface area contributed by atoms with Crippen LogP contribution in [0.25, 0.3) is 0 Å². The second-order valence-electron chi connectivity index (χ2n) is 4.21. The Hall–Kier alpha value is -0.0400. The van der Waals surface area contributed by atoms with Gasteiger partial charge in [0.15, 0.2) is 0 Å². The minimum absolute atomic E-state index is 1.04. The van der Waals surface area contributed by atoms with Crippen LogP contribution in [0.5, 0.6) is 0 Å². The van der Waals surface area contributed by atoms with Gasteiger partial charge in [-0.2, -0.15) is 0 Å². The molecule has 3 rings (SSSR count). The van der Waals surface area contributed by atoms with E-state index in [0.717, 1.165) is 17.9 Å². The van der Waals surface area contributed by atoms with Gasteiger partial charge in [-0.25, -0.2) is 0 Å². The fourth-order valence-corrected chi connectivity index (χ4v) is 3.44. The summed E-state index contributed by atoms with van der Waals surface area (Å²) in [5.74, 6) is 2.25. The van der Waals surface area contributed by atoms with Crippen molar-refractivity contribution in [3.63, 3.8) is 0 Å². The van der Waals surface area contributed by atoms with Gasteiger partial charge in [-0.15, -0.1) is 0 Å². The number of piperidine rings is 1. The van der Waals surface area contributed by atoms with Crippen LogP contribution in [0.1, 0.15) is 25.7 Å². The van der Waals surface area contributed by atoms with Crippen LogP contribution in [0, 0.1) is 11.8 Å². The SMILES string of the molecule is C1CC2C3CCN(C3)C2C1. The van der Waals surface area contributed by atoms with Crippen molar-refractivity contribution in [2.75, 3.05) is 13.1 Å². The van der Waals surface area contributed by atoms with E-state index in [1.807, 2.05) is 0 Å². The summed E-state index contributed by atoms with van der Waals surface area (Å²) in [5.41, 5.74) is 0. The number of hydrogen-bond acceptors (Lipinski definition) is 1. The van der Waals surface area contributed by atoms with E-state index >= 15 is 0 Å². The fourth-order valence-electron chi connectivity index (χ4n) is 3.44. The number of nitrogens with zero attached hydrogens (tertiary/aromatic N) is 1. The van der Waals surface area contributed by atoms with E-state index in [9.17, 15) is 0 Å². The van der Waals surface area contributed by atoms with Crippen molar-refractivity contribution in [2.45, 2.75) is 31.7 Å². The highest BCUT2D eigenvalue weighted by Gasteiger charge is 2.47. The summed E-state index contributed by atoms with van der Waals surface area (Å²) in [6.07, 6.45) is 6.09. The Morgan fingerprint density at radius 1 is 1.10 bits per heavy atom. The van der Waals surface area contributed by atoms with Gasteiger partial charge in [-0.1, -0.05) is 6.42 Å². The smallest absolute Gasteiger partial charge is 0.0127 e. The number of fused-ring (bicyclic) bond motifs is 5. The second kappa shape index (κ2) is 1.76. The van der Waals surface area contributed by atoms with Crippen molar-refractivity contribution in [3.05, 3.63) is 0 Å². The Kier molecular flexibility index (Phi) is 0.984. The molecule has 2 aliphatic heterocycles. The maximum absolute atomic E-state index is 2.74. The van der Waals surface area contributed by atoms with Gasteiger partial charge in [0, 0.05) is 12.6 Å². The molecule has 0 aromatic rings. The molecule has 1 aliphatic carbocycles. The molecule has 4 atom stereocenters. The molecule has 1 heteroatoms. The highest BCUT2D eigenvalue weighted by molar-refractivity contribution is 5.00. The van der Waals surface area contributed by atoms with Gasteiger partial charge >= 0.3 is 0 Å². The summed E-state index contributed by atoms with van der Waals surface area (Å²) in [4.78, 5) is 2.74. The first kappa shape index (κ1) is 5.59. The molecule has 2 bridgehead atoms. The minimum atomic E-state index is 1.04. The average Bonchev–Trinajstić information content (AvgIpc) is 2.60. The molecule has 2 saturated heterocycles. The second-order valence-corrected chi connectivity index (χ2v) is 4.21. The average molecular weight is 137 g/mol. The summed E-state index contributed by atoms with van der Waals surface area (Å²) in [6, 6.07) is 1.04. The highest BCUT2D eigenvalue weighted by Crippen LogP contribution is 2.46. The predicted molar refractivity (Wildman–Crippen MR) is 40.8 cm³/mol. The largest absolute Gasteiger partial charge is 0.300 e. The summed E-state index contributed by atoms with van der Waals surface area (Å²) in [6.45, 7) is 2.88. The quantitative estimate of drug-likeness (QED) is 0.489. The number of hydrogen-bond donors (Lipinski definition) is 0. The lowest BCUT2D eigenvalue weighted by Gasteiger charge is -2.25. The van der Waals surface area contributed by atoms with E-state index in [2.05, 4.69) is 4.90 Å². The van der Waals surface area contributed by atoms with Crippen LogP contribution >= 0.6 is 0 Å². The molecule has 0 amide bonds. The Labute approximate surface area is 62.4 Å². The molecule has 0 spiro atoms. The van der Waals surface area contributed by atoms with Gasteiger partial charge in [0.05, 0.1) is 0 Å². The lowest BCUT2D eigenvalue weighted by atomic mass is 9.89. The molecule has 3 aliphatic rings. The first-order valence-electron chi connectivity index (χ1n) is 4.69. The number of rotatable bonds is 0. The third-order valence-corrected chi connectivity index (χ3v) is 3.86. The van der Waals surface area contributed by atoms with Crippen LogP contribution in [-0.2, 0) is 0 Å². The van der Waals surface area contributed by atoms with Crippen molar-refractivity contribution in [1.29, 1.82) is 0 Å². The molecule has 56 valence electrons. The zero-order chi connectivity index (χ0) is 6.55. The van der Waals surface area contributed by atoms with Crippen molar-refractivity contribution in [1.82, 2.24) is 4.90 Å². The third kappa shape index (κ3) is 0.531. The molecule has 0 aromatic heterocycles. The van der Waals surface area contributed by atoms with Crippen LogP contribution < -0.4 is 0 Å². The van der Waals surface area contributed by atoms with E-state index in [0.29, 0.717) is 0 Å². The first-order chi connectivity index (χ1) is 4.95. The topological polar surface area (TPSA) is 3.24 Å². The van der Waals surface area contributed by atoms with Crippen LogP contribution in [0.2, 0.25) is 0 Å². The lowest BCUT2D eigenvalue weighted by Crippen LogP contribution is -2.31. The molecule has 3 fully saturated rings.